The summed E-state index contributed by atoms with van der Waals surface area (Å²) in [5.74, 6) is -2.23. The van der Waals surface area contributed by atoms with E-state index in [1.807, 2.05) is 18.2 Å². The topological polar surface area (TPSA) is 73.3 Å². The van der Waals surface area contributed by atoms with Crippen molar-refractivity contribution in [2.75, 3.05) is 5.32 Å². The number of halogens is 3. The van der Waals surface area contributed by atoms with Crippen molar-refractivity contribution in [3.63, 3.8) is 0 Å². The molecule has 1 heterocycles. The summed E-state index contributed by atoms with van der Waals surface area (Å²) in [7, 11) is 0. The monoisotopic (exact) mass is 391 g/mol. The Balaban J connectivity index is 1.74. The van der Waals surface area contributed by atoms with Gasteiger partial charge in [-0.2, -0.15) is 4.98 Å². The fraction of sp³-hybridized carbons (Fsp3) is 0.0556. The number of carbonyl (C=O) groups excluding carboxylic acids is 1. The highest BCUT2D eigenvalue weighted by Crippen LogP contribution is 2.33. The Kier molecular flexibility index (Phi) is 5.77. The fourth-order valence-electron chi connectivity index (χ4n) is 2.06. The second-order valence-corrected chi connectivity index (χ2v) is 5.57. The van der Waals surface area contributed by atoms with Crippen molar-refractivity contribution in [3.05, 3.63) is 77.2 Å². The van der Waals surface area contributed by atoms with Crippen LogP contribution in [0.1, 0.15) is 5.56 Å². The summed E-state index contributed by atoms with van der Waals surface area (Å²) in [6, 6.07) is 11.8. The van der Waals surface area contributed by atoms with Crippen LogP contribution in [0.15, 0.2) is 54.9 Å². The van der Waals surface area contributed by atoms with E-state index in [1.165, 1.54) is 0 Å². The van der Waals surface area contributed by atoms with E-state index in [-0.39, 0.29) is 29.1 Å². The molecule has 3 rings (SSSR count). The molecule has 0 saturated heterocycles. The minimum atomic E-state index is -0.942. The van der Waals surface area contributed by atoms with Crippen LogP contribution in [0.5, 0.6) is 11.6 Å². The predicted molar refractivity (Wildman–Crippen MR) is 93.7 cm³/mol. The first-order valence-electron chi connectivity index (χ1n) is 7.64. The molecule has 1 aromatic heterocycles. The maximum absolute atomic E-state index is 13.8. The van der Waals surface area contributed by atoms with Crippen molar-refractivity contribution in [1.29, 1.82) is 0 Å². The van der Waals surface area contributed by atoms with Crippen LogP contribution in [0.2, 0.25) is 5.15 Å². The maximum atomic E-state index is 13.8. The molecular weight excluding hydrogens is 380 g/mol. The summed E-state index contributed by atoms with van der Waals surface area (Å²) >= 11 is 5.97. The predicted octanol–water partition coefficient (Wildman–Crippen LogP) is 4.95. The lowest BCUT2D eigenvalue weighted by atomic mass is 10.2. The molecule has 0 atom stereocenters. The van der Waals surface area contributed by atoms with Crippen molar-refractivity contribution in [2.24, 2.45) is 0 Å². The van der Waals surface area contributed by atoms with Crippen LogP contribution in [0.25, 0.3) is 0 Å². The van der Waals surface area contributed by atoms with E-state index in [0.717, 1.165) is 24.0 Å². The van der Waals surface area contributed by atoms with E-state index in [4.69, 9.17) is 21.1 Å². The van der Waals surface area contributed by atoms with Crippen molar-refractivity contribution in [2.45, 2.75) is 6.61 Å². The number of ether oxygens (including phenoxy) is 2. The zero-order chi connectivity index (χ0) is 19.2. The number of carbonyl (C=O) groups is 1. The lowest BCUT2D eigenvalue weighted by Crippen LogP contribution is -2.15. The van der Waals surface area contributed by atoms with Crippen LogP contribution in [-0.4, -0.2) is 16.1 Å². The summed E-state index contributed by atoms with van der Waals surface area (Å²) in [6.45, 7) is 0.0285. The molecule has 0 aliphatic heterocycles. The van der Waals surface area contributed by atoms with Gasteiger partial charge in [0.25, 0.3) is 0 Å². The average molecular weight is 392 g/mol. The highest BCUT2D eigenvalue weighted by Gasteiger charge is 2.17. The Morgan fingerprint density at radius 3 is 2.63 bits per heavy atom. The second-order valence-electron chi connectivity index (χ2n) is 5.21. The molecule has 2 aromatic carbocycles. The third-order valence-electron chi connectivity index (χ3n) is 3.31. The molecule has 1 amide bonds. The highest BCUT2D eigenvalue weighted by atomic mass is 35.5. The van der Waals surface area contributed by atoms with Crippen LogP contribution in [0, 0.1) is 11.6 Å². The third-order valence-corrected chi connectivity index (χ3v) is 3.59. The Morgan fingerprint density at radius 1 is 1.11 bits per heavy atom. The molecule has 0 fully saturated rings. The molecule has 0 unspecified atom stereocenters. The first kappa shape index (κ1) is 18.5. The van der Waals surface area contributed by atoms with Gasteiger partial charge in [0.15, 0.2) is 16.7 Å². The minimum absolute atomic E-state index is 0.0285. The molecule has 0 radical (unpaired) electrons. The number of anilines is 1. The summed E-state index contributed by atoms with van der Waals surface area (Å²) < 4.78 is 37.2. The molecular formula is C18H12ClF2N3O3. The van der Waals surface area contributed by atoms with Gasteiger partial charge in [-0.1, -0.05) is 41.9 Å². The van der Waals surface area contributed by atoms with Crippen LogP contribution in [-0.2, 0) is 11.3 Å². The number of aromatic nitrogens is 2. The zero-order valence-corrected chi connectivity index (χ0v) is 14.4. The van der Waals surface area contributed by atoms with Gasteiger partial charge in [0.1, 0.15) is 24.4 Å². The quantitative estimate of drug-likeness (QED) is 0.623. The number of rotatable bonds is 5. The Labute approximate surface area is 157 Å². The average Bonchev–Trinajstić information content (AvgIpc) is 2.66. The molecule has 27 heavy (non-hydrogen) atoms. The molecule has 6 nitrogen and oxygen atoms in total. The molecule has 0 bridgehead atoms. The molecule has 9 heteroatoms. The number of hydrogen-bond donors (Lipinski definition) is 1. The lowest BCUT2D eigenvalue weighted by molar-refractivity contribution is 0.155. The molecule has 0 spiro atoms. The molecule has 0 aliphatic rings. The van der Waals surface area contributed by atoms with Gasteiger partial charge in [0.05, 0.1) is 0 Å². The fourth-order valence-corrected chi connectivity index (χ4v) is 2.23. The highest BCUT2D eigenvalue weighted by molar-refractivity contribution is 6.32. The molecule has 0 aliphatic carbocycles. The third kappa shape index (κ3) is 4.89. The molecule has 1 N–H and O–H groups in total. The van der Waals surface area contributed by atoms with Crippen molar-refractivity contribution in [1.82, 2.24) is 9.97 Å². The van der Waals surface area contributed by atoms with Gasteiger partial charge in [-0.05, 0) is 17.7 Å². The molecule has 138 valence electrons. The molecule has 3 aromatic rings. The SMILES string of the molecule is O=C(Nc1c(Cl)ncnc1Oc1ccc(F)cc1F)OCc1ccccc1. The number of nitrogens with zero attached hydrogens (tertiary/aromatic N) is 2. The van der Waals surface area contributed by atoms with Gasteiger partial charge in [0.2, 0.25) is 5.88 Å². The minimum Gasteiger partial charge on any atom is -0.444 e. The number of benzene rings is 2. The lowest BCUT2D eigenvalue weighted by Gasteiger charge is -2.12. The Morgan fingerprint density at radius 2 is 1.89 bits per heavy atom. The smallest absolute Gasteiger partial charge is 0.412 e. The van der Waals surface area contributed by atoms with Crippen LogP contribution >= 0.6 is 11.6 Å². The normalized spacial score (nSPS) is 10.3. The number of amides is 1. The Hall–Kier alpha value is -3.26. The second kappa shape index (κ2) is 8.41. The first-order chi connectivity index (χ1) is 13.0. The summed E-state index contributed by atoms with van der Waals surface area (Å²) in [4.78, 5) is 19.6. The van der Waals surface area contributed by atoms with Gasteiger partial charge in [-0.15, -0.1) is 0 Å². The number of hydrogen-bond acceptors (Lipinski definition) is 5. The standard InChI is InChI=1S/C18H12ClF2N3O3/c19-16-15(24-18(25)26-9-11-4-2-1-3-5-11)17(23-10-22-16)27-14-7-6-12(20)8-13(14)21/h1-8,10H,9H2,(H,24,25). The van der Waals surface area contributed by atoms with Gasteiger partial charge < -0.3 is 9.47 Å². The van der Waals surface area contributed by atoms with Crippen LogP contribution in [0.3, 0.4) is 0 Å². The summed E-state index contributed by atoms with van der Waals surface area (Å²) in [5.41, 5.74) is 0.675. The van der Waals surface area contributed by atoms with E-state index < -0.39 is 17.7 Å². The first-order valence-corrected chi connectivity index (χ1v) is 8.02. The van der Waals surface area contributed by atoms with Crippen molar-refractivity contribution >= 4 is 23.4 Å². The molecule has 0 saturated carbocycles. The Bertz CT molecular complexity index is 958. The zero-order valence-electron chi connectivity index (χ0n) is 13.7. The largest absolute Gasteiger partial charge is 0.444 e. The summed E-state index contributed by atoms with van der Waals surface area (Å²) in [5, 5.41) is 2.22. The van der Waals surface area contributed by atoms with Gasteiger partial charge in [0, 0.05) is 6.07 Å². The van der Waals surface area contributed by atoms with Gasteiger partial charge in [-0.3, -0.25) is 5.32 Å². The number of nitrogens with one attached hydrogen (secondary N) is 1. The van der Waals surface area contributed by atoms with Crippen LogP contribution < -0.4 is 10.1 Å². The maximum Gasteiger partial charge on any atom is 0.412 e. The van der Waals surface area contributed by atoms with Gasteiger partial charge >= 0.3 is 6.09 Å². The van der Waals surface area contributed by atoms with E-state index in [1.54, 1.807) is 12.1 Å². The summed E-state index contributed by atoms with van der Waals surface area (Å²) in [6.07, 6.45) is 0.236. The van der Waals surface area contributed by atoms with Crippen LogP contribution in [0.4, 0.5) is 19.3 Å². The van der Waals surface area contributed by atoms with Crippen molar-refractivity contribution < 1.29 is 23.0 Å². The van der Waals surface area contributed by atoms with Crippen molar-refractivity contribution in [3.8, 4) is 11.6 Å². The van der Waals surface area contributed by atoms with Gasteiger partial charge in [-0.25, -0.2) is 18.6 Å². The van der Waals surface area contributed by atoms with E-state index in [0.29, 0.717) is 6.07 Å². The van der Waals surface area contributed by atoms with E-state index in [2.05, 4.69) is 15.3 Å². The van der Waals surface area contributed by atoms with E-state index >= 15 is 0 Å². The van der Waals surface area contributed by atoms with E-state index in [9.17, 15) is 13.6 Å².